The Morgan fingerprint density at radius 1 is 1.43 bits per heavy atom. The number of amides is 1. The highest BCUT2D eigenvalue weighted by molar-refractivity contribution is 9.10. The van der Waals surface area contributed by atoms with E-state index in [1.807, 2.05) is 16.8 Å². The Bertz CT molecular complexity index is 483. The molecule has 1 aliphatic heterocycles. The third-order valence-corrected chi connectivity index (χ3v) is 3.82. The number of carbonyl (C=O) groups excluding carboxylic acids is 1. The number of benzene rings is 1. The molecule has 1 amide bonds. The fourth-order valence-electron chi connectivity index (χ4n) is 2.26. The quantitative estimate of drug-likeness (QED) is 0.866. The summed E-state index contributed by atoms with van der Waals surface area (Å²) in [6, 6.07) is 4.86. The van der Waals surface area contributed by atoms with E-state index in [-0.39, 0.29) is 24.1 Å². The van der Waals surface area contributed by atoms with E-state index in [1.54, 1.807) is 12.1 Å². The van der Waals surface area contributed by atoms with Crippen molar-refractivity contribution in [2.75, 3.05) is 39.8 Å². The highest BCUT2D eigenvalue weighted by Crippen LogP contribution is 2.16. The molecule has 7 heteroatoms. The normalized spacial score (nSPS) is 15.0. The van der Waals surface area contributed by atoms with Crippen LogP contribution < -0.4 is 5.32 Å². The predicted molar refractivity (Wildman–Crippen MR) is 87.1 cm³/mol. The first-order valence-electron chi connectivity index (χ1n) is 6.67. The molecule has 1 N–H and O–H groups in total. The Labute approximate surface area is 139 Å². The van der Waals surface area contributed by atoms with Crippen molar-refractivity contribution in [2.24, 2.45) is 0 Å². The SMILES string of the molecule is CN(CC(=O)N1CCNCC1)Cc1cc(Br)ccc1F.Cl. The van der Waals surface area contributed by atoms with Gasteiger partial charge >= 0.3 is 0 Å². The van der Waals surface area contributed by atoms with E-state index < -0.39 is 0 Å². The van der Waals surface area contributed by atoms with Gasteiger partial charge in [-0.05, 0) is 25.2 Å². The maximum Gasteiger partial charge on any atom is 0.236 e. The van der Waals surface area contributed by atoms with Crippen molar-refractivity contribution in [3.8, 4) is 0 Å². The Kier molecular flexibility index (Phi) is 7.59. The fraction of sp³-hybridized carbons (Fsp3) is 0.500. The van der Waals surface area contributed by atoms with Crippen molar-refractivity contribution < 1.29 is 9.18 Å². The van der Waals surface area contributed by atoms with Crippen molar-refractivity contribution in [1.29, 1.82) is 0 Å². The van der Waals surface area contributed by atoms with Crippen molar-refractivity contribution in [1.82, 2.24) is 15.1 Å². The van der Waals surface area contributed by atoms with Crippen LogP contribution in [0.5, 0.6) is 0 Å². The van der Waals surface area contributed by atoms with E-state index in [1.165, 1.54) is 6.07 Å². The lowest BCUT2D eigenvalue weighted by Crippen LogP contribution is -2.49. The molecule has 1 saturated heterocycles. The minimum Gasteiger partial charge on any atom is -0.339 e. The minimum absolute atomic E-state index is 0. The number of likely N-dealkylation sites (N-methyl/N-ethyl adjacent to an activating group) is 1. The maximum absolute atomic E-state index is 13.7. The second-order valence-electron chi connectivity index (χ2n) is 5.04. The monoisotopic (exact) mass is 379 g/mol. The van der Waals surface area contributed by atoms with E-state index in [2.05, 4.69) is 21.2 Å². The second-order valence-corrected chi connectivity index (χ2v) is 5.95. The van der Waals surface area contributed by atoms with Crippen LogP contribution in [0.3, 0.4) is 0 Å². The topological polar surface area (TPSA) is 35.6 Å². The summed E-state index contributed by atoms with van der Waals surface area (Å²) in [7, 11) is 1.83. The lowest BCUT2D eigenvalue weighted by Gasteiger charge is -2.29. The summed E-state index contributed by atoms with van der Waals surface area (Å²) in [4.78, 5) is 15.8. The van der Waals surface area contributed by atoms with E-state index in [9.17, 15) is 9.18 Å². The van der Waals surface area contributed by atoms with Crippen LogP contribution >= 0.6 is 28.3 Å². The van der Waals surface area contributed by atoms with Crippen LogP contribution in [0.1, 0.15) is 5.56 Å². The number of nitrogens with one attached hydrogen (secondary N) is 1. The molecule has 0 aliphatic carbocycles. The molecule has 1 aromatic rings. The van der Waals surface area contributed by atoms with Gasteiger partial charge in [0.05, 0.1) is 6.54 Å². The van der Waals surface area contributed by atoms with Gasteiger partial charge in [-0.15, -0.1) is 12.4 Å². The zero-order valence-corrected chi connectivity index (χ0v) is 14.3. The zero-order chi connectivity index (χ0) is 14.5. The first-order chi connectivity index (χ1) is 9.56. The first-order valence-corrected chi connectivity index (χ1v) is 7.46. The van der Waals surface area contributed by atoms with Gasteiger partial charge < -0.3 is 10.2 Å². The number of rotatable bonds is 4. The molecule has 0 aromatic heterocycles. The molecule has 118 valence electrons. The van der Waals surface area contributed by atoms with Crippen LogP contribution in [0.2, 0.25) is 0 Å². The number of hydrogen-bond acceptors (Lipinski definition) is 3. The van der Waals surface area contributed by atoms with Crippen molar-refractivity contribution in [2.45, 2.75) is 6.54 Å². The Hall–Kier alpha value is -0.690. The summed E-state index contributed by atoms with van der Waals surface area (Å²) < 4.78 is 14.5. The van der Waals surface area contributed by atoms with Crippen molar-refractivity contribution in [3.05, 3.63) is 34.1 Å². The average Bonchev–Trinajstić information content (AvgIpc) is 2.43. The minimum atomic E-state index is -0.241. The van der Waals surface area contributed by atoms with Gasteiger partial charge in [-0.1, -0.05) is 15.9 Å². The van der Waals surface area contributed by atoms with Crippen molar-refractivity contribution in [3.63, 3.8) is 0 Å². The molecule has 1 aliphatic rings. The molecule has 2 rings (SSSR count). The Morgan fingerprint density at radius 3 is 2.76 bits per heavy atom. The summed E-state index contributed by atoms with van der Waals surface area (Å²) >= 11 is 3.33. The van der Waals surface area contributed by atoms with Gasteiger partial charge in [0.1, 0.15) is 5.82 Å². The molecule has 0 atom stereocenters. The Balaban J connectivity index is 0.00000220. The molecule has 0 saturated carbocycles. The average molecular weight is 381 g/mol. The molecule has 0 bridgehead atoms. The third-order valence-electron chi connectivity index (χ3n) is 3.32. The lowest BCUT2D eigenvalue weighted by molar-refractivity contribution is -0.132. The van der Waals surface area contributed by atoms with Crippen LogP contribution in [0.15, 0.2) is 22.7 Å². The highest BCUT2D eigenvalue weighted by Gasteiger charge is 2.18. The van der Waals surface area contributed by atoms with Crippen molar-refractivity contribution >= 4 is 34.2 Å². The van der Waals surface area contributed by atoms with Gasteiger partial charge in [-0.3, -0.25) is 9.69 Å². The van der Waals surface area contributed by atoms with Gasteiger partial charge in [-0.2, -0.15) is 0 Å². The van der Waals surface area contributed by atoms with E-state index in [0.717, 1.165) is 30.7 Å². The molecule has 1 aromatic carbocycles. The van der Waals surface area contributed by atoms with E-state index in [4.69, 9.17) is 0 Å². The molecule has 4 nitrogen and oxygen atoms in total. The molecule has 21 heavy (non-hydrogen) atoms. The summed E-state index contributed by atoms with van der Waals surface area (Å²) in [5.74, 6) is -0.140. The first kappa shape index (κ1) is 18.4. The smallest absolute Gasteiger partial charge is 0.236 e. The van der Waals surface area contributed by atoms with Crippen LogP contribution in [0.4, 0.5) is 4.39 Å². The Morgan fingerprint density at radius 2 is 2.10 bits per heavy atom. The molecule has 0 spiro atoms. The van der Waals surface area contributed by atoms with Gasteiger partial charge in [0.15, 0.2) is 0 Å². The molecular weight excluding hydrogens is 361 g/mol. The number of nitrogens with zero attached hydrogens (tertiary/aromatic N) is 2. The number of piperazine rings is 1. The maximum atomic E-state index is 13.7. The van der Waals surface area contributed by atoms with Crippen LogP contribution in [-0.2, 0) is 11.3 Å². The third kappa shape index (κ3) is 5.54. The zero-order valence-electron chi connectivity index (χ0n) is 11.9. The van der Waals surface area contributed by atoms with Crippen LogP contribution in [0.25, 0.3) is 0 Å². The highest BCUT2D eigenvalue weighted by atomic mass is 79.9. The van der Waals surface area contributed by atoms with Crippen LogP contribution in [-0.4, -0.2) is 55.5 Å². The number of hydrogen-bond donors (Lipinski definition) is 1. The molecule has 1 fully saturated rings. The summed E-state index contributed by atoms with van der Waals surface area (Å²) in [6.45, 7) is 3.91. The summed E-state index contributed by atoms with van der Waals surface area (Å²) in [6.07, 6.45) is 0. The number of halogens is 3. The van der Waals surface area contributed by atoms with Crippen LogP contribution in [0, 0.1) is 5.82 Å². The van der Waals surface area contributed by atoms with Gasteiger partial charge in [0, 0.05) is 42.8 Å². The number of carbonyl (C=O) groups is 1. The standard InChI is InChI=1S/C14H19BrFN3O.ClH/c1-18(9-11-8-12(15)2-3-13(11)16)10-14(20)19-6-4-17-5-7-19;/h2-3,8,17H,4-7,9-10H2,1H3;1H. The largest absolute Gasteiger partial charge is 0.339 e. The molecule has 0 radical (unpaired) electrons. The predicted octanol–water partition coefficient (Wildman–Crippen LogP) is 1.87. The lowest BCUT2D eigenvalue weighted by atomic mass is 10.2. The second kappa shape index (κ2) is 8.68. The fourth-order valence-corrected chi connectivity index (χ4v) is 2.66. The van der Waals surface area contributed by atoms with Gasteiger partial charge in [-0.25, -0.2) is 4.39 Å². The van der Waals surface area contributed by atoms with Gasteiger partial charge in [0.2, 0.25) is 5.91 Å². The van der Waals surface area contributed by atoms with Gasteiger partial charge in [0.25, 0.3) is 0 Å². The van der Waals surface area contributed by atoms with E-state index in [0.29, 0.717) is 18.7 Å². The van der Waals surface area contributed by atoms with E-state index >= 15 is 0 Å². The molecular formula is C14H20BrClFN3O. The molecule has 1 heterocycles. The summed E-state index contributed by atoms with van der Waals surface area (Å²) in [5.41, 5.74) is 0.593. The summed E-state index contributed by atoms with van der Waals surface area (Å²) in [5, 5.41) is 3.21. The molecule has 0 unspecified atom stereocenters.